The molecular weight excluding hydrogens is 370 g/mol. The van der Waals surface area contributed by atoms with Crippen LogP contribution in [0.3, 0.4) is 0 Å². The number of amides is 2. The normalized spacial score (nSPS) is 18.9. The van der Waals surface area contributed by atoms with Crippen molar-refractivity contribution >= 4 is 38.8 Å². The van der Waals surface area contributed by atoms with Gasteiger partial charge in [-0.05, 0) is 44.8 Å². The number of carbonyl (C=O) groups is 1. The van der Waals surface area contributed by atoms with Gasteiger partial charge < -0.3 is 15.1 Å². The lowest BCUT2D eigenvalue weighted by atomic mass is 10.1. The smallest absolute Gasteiger partial charge is 0.317 e. The van der Waals surface area contributed by atoms with Crippen LogP contribution in [0, 0.1) is 6.92 Å². The first-order valence-electron chi connectivity index (χ1n) is 7.88. The number of halogens is 1. The maximum atomic E-state index is 12.9. The zero-order valence-corrected chi connectivity index (χ0v) is 16.6. The van der Waals surface area contributed by atoms with Crippen LogP contribution in [-0.2, 0) is 9.84 Å². The molecule has 1 aliphatic heterocycles. The Balaban J connectivity index is 2.04. The number of nitrogens with zero attached hydrogens (tertiary/aromatic N) is 2. The highest BCUT2D eigenvalue weighted by atomic mass is 35.5. The molecular formula is C15H24ClN3O3S2. The molecule has 24 heavy (non-hydrogen) atoms. The number of nitrogens with one attached hydrogen (secondary N) is 1. The van der Waals surface area contributed by atoms with Crippen LogP contribution in [0.4, 0.5) is 4.79 Å². The third-order valence-electron chi connectivity index (χ3n) is 4.07. The van der Waals surface area contributed by atoms with Crippen LogP contribution >= 0.6 is 22.9 Å². The van der Waals surface area contributed by atoms with Crippen LogP contribution in [0.2, 0.25) is 5.02 Å². The fraction of sp³-hybridized carbons (Fsp3) is 0.667. The number of likely N-dealkylation sites (tertiary alicyclic amines) is 1. The molecule has 1 aromatic heterocycles. The molecule has 2 rings (SSSR count). The summed E-state index contributed by atoms with van der Waals surface area (Å²) < 4.78 is 25.9. The Kier molecular flexibility index (Phi) is 6.52. The first-order chi connectivity index (χ1) is 11.2. The van der Waals surface area contributed by atoms with Gasteiger partial charge in [-0.2, -0.15) is 0 Å². The predicted molar refractivity (Wildman–Crippen MR) is 97.8 cm³/mol. The first-order valence-corrected chi connectivity index (χ1v) is 10.7. The van der Waals surface area contributed by atoms with Crippen molar-refractivity contribution in [3.05, 3.63) is 16.0 Å². The summed E-state index contributed by atoms with van der Waals surface area (Å²) >= 11 is 7.30. The Bertz CT molecular complexity index is 688. The number of rotatable bonds is 5. The Morgan fingerprint density at radius 3 is 2.79 bits per heavy atom. The van der Waals surface area contributed by atoms with Crippen LogP contribution in [0.5, 0.6) is 0 Å². The van der Waals surface area contributed by atoms with E-state index in [0.717, 1.165) is 23.4 Å². The van der Waals surface area contributed by atoms with Crippen molar-refractivity contribution in [2.24, 2.45) is 0 Å². The van der Waals surface area contributed by atoms with E-state index in [9.17, 15) is 13.2 Å². The summed E-state index contributed by atoms with van der Waals surface area (Å²) in [6, 6.07) is -0.204. The molecule has 0 bridgehead atoms. The number of sulfone groups is 1. The van der Waals surface area contributed by atoms with E-state index in [1.54, 1.807) is 17.2 Å². The molecule has 1 aliphatic rings. The lowest BCUT2D eigenvalue weighted by Crippen LogP contribution is -2.49. The van der Waals surface area contributed by atoms with Gasteiger partial charge in [-0.15, -0.1) is 11.3 Å². The lowest BCUT2D eigenvalue weighted by Gasteiger charge is -2.32. The van der Waals surface area contributed by atoms with Gasteiger partial charge in [0.1, 0.15) is 4.21 Å². The second-order valence-electron chi connectivity index (χ2n) is 6.31. The maximum Gasteiger partial charge on any atom is 0.317 e. The van der Waals surface area contributed by atoms with Crippen molar-refractivity contribution < 1.29 is 13.2 Å². The summed E-state index contributed by atoms with van der Waals surface area (Å²) in [4.78, 5) is 15.8. The van der Waals surface area contributed by atoms with Gasteiger partial charge in [-0.1, -0.05) is 11.6 Å². The molecule has 1 aromatic rings. The number of hydrogen-bond acceptors (Lipinski definition) is 5. The van der Waals surface area contributed by atoms with Crippen molar-refractivity contribution in [3.8, 4) is 0 Å². The summed E-state index contributed by atoms with van der Waals surface area (Å²) in [5.41, 5.74) is 0.773. The quantitative estimate of drug-likeness (QED) is 0.832. The van der Waals surface area contributed by atoms with Crippen molar-refractivity contribution in [3.63, 3.8) is 0 Å². The zero-order valence-electron chi connectivity index (χ0n) is 14.2. The van der Waals surface area contributed by atoms with Gasteiger partial charge in [0.15, 0.2) is 9.84 Å². The molecule has 0 aromatic carbocycles. The molecule has 2 amide bonds. The van der Waals surface area contributed by atoms with E-state index in [1.807, 2.05) is 19.0 Å². The van der Waals surface area contributed by atoms with E-state index in [2.05, 4.69) is 5.32 Å². The third-order valence-corrected chi connectivity index (χ3v) is 8.64. The van der Waals surface area contributed by atoms with Crippen LogP contribution in [0.1, 0.15) is 18.4 Å². The van der Waals surface area contributed by atoms with Gasteiger partial charge in [-0.3, -0.25) is 0 Å². The predicted octanol–water partition coefficient (Wildman–Crippen LogP) is 2.22. The number of aryl methyl sites for hydroxylation is 1. The molecule has 2 heterocycles. The number of hydrogen-bond donors (Lipinski definition) is 1. The molecule has 1 N–H and O–H groups in total. The van der Waals surface area contributed by atoms with Crippen LogP contribution in [0.25, 0.3) is 0 Å². The SMILES string of the molecule is Cc1csc(S(=O)(=O)C2CCCN(C(=O)NCCN(C)C)C2)c1Cl. The minimum atomic E-state index is -3.52. The molecule has 9 heteroatoms. The van der Waals surface area contributed by atoms with E-state index < -0.39 is 15.1 Å². The highest BCUT2D eigenvalue weighted by Crippen LogP contribution is 2.35. The molecule has 1 saturated heterocycles. The average molecular weight is 394 g/mol. The Morgan fingerprint density at radius 2 is 2.21 bits per heavy atom. The van der Waals surface area contributed by atoms with E-state index in [0.29, 0.717) is 31.0 Å². The minimum absolute atomic E-state index is 0.204. The lowest BCUT2D eigenvalue weighted by molar-refractivity contribution is 0.186. The van der Waals surface area contributed by atoms with Gasteiger partial charge in [0, 0.05) is 26.2 Å². The minimum Gasteiger partial charge on any atom is -0.337 e. The molecule has 1 fully saturated rings. The fourth-order valence-corrected chi connectivity index (χ4v) is 6.52. The average Bonchev–Trinajstić information content (AvgIpc) is 2.87. The Hall–Kier alpha value is -0.830. The molecule has 0 radical (unpaired) electrons. The second kappa shape index (κ2) is 8.03. The van der Waals surface area contributed by atoms with Gasteiger partial charge in [0.2, 0.25) is 0 Å². The number of piperidine rings is 1. The van der Waals surface area contributed by atoms with E-state index in [4.69, 9.17) is 11.6 Å². The highest BCUT2D eigenvalue weighted by molar-refractivity contribution is 7.94. The van der Waals surface area contributed by atoms with Crippen LogP contribution in [-0.4, -0.2) is 69.8 Å². The summed E-state index contributed by atoms with van der Waals surface area (Å²) in [6.45, 7) is 3.87. The monoisotopic (exact) mass is 393 g/mol. The van der Waals surface area contributed by atoms with Crippen LogP contribution in [0.15, 0.2) is 9.59 Å². The zero-order chi connectivity index (χ0) is 17.9. The van der Waals surface area contributed by atoms with Gasteiger partial charge >= 0.3 is 6.03 Å². The molecule has 0 spiro atoms. The molecule has 6 nitrogen and oxygen atoms in total. The summed E-state index contributed by atoms with van der Waals surface area (Å²) in [5.74, 6) is 0. The van der Waals surface area contributed by atoms with Crippen molar-refractivity contribution in [2.75, 3.05) is 40.3 Å². The van der Waals surface area contributed by atoms with E-state index >= 15 is 0 Å². The Morgan fingerprint density at radius 1 is 1.50 bits per heavy atom. The highest BCUT2D eigenvalue weighted by Gasteiger charge is 2.36. The number of thiophene rings is 1. The maximum absolute atomic E-state index is 12.9. The van der Waals surface area contributed by atoms with Gasteiger partial charge in [-0.25, -0.2) is 13.2 Å². The van der Waals surface area contributed by atoms with Crippen LogP contribution < -0.4 is 5.32 Å². The molecule has 1 atom stereocenters. The Labute approximate surface area is 152 Å². The van der Waals surface area contributed by atoms with Crippen molar-refractivity contribution in [1.29, 1.82) is 0 Å². The first kappa shape index (κ1) is 19.5. The fourth-order valence-electron chi connectivity index (χ4n) is 2.62. The molecule has 0 saturated carbocycles. The van der Waals surface area contributed by atoms with Crippen molar-refractivity contribution in [1.82, 2.24) is 15.1 Å². The molecule has 0 aliphatic carbocycles. The largest absolute Gasteiger partial charge is 0.337 e. The van der Waals surface area contributed by atoms with Crippen molar-refractivity contribution in [2.45, 2.75) is 29.2 Å². The number of likely N-dealkylation sites (N-methyl/N-ethyl adjacent to an activating group) is 1. The topological polar surface area (TPSA) is 69.7 Å². The van der Waals surface area contributed by atoms with E-state index in [1.165, 1.54) is 0 Å². The summed E-state index contributed by atoms with van der Waals surface area (Å²) in [7, 11) is 0.350. The summed E-state index contributed by atoms with van der Waals surface area (Å²) in [5, 5.41) is 4.31. The number of urea groups is 1. The molecule has 136 valence electrons. The third kappa shape index (κ3) is 4.41. The second-order valence-corrected chi connectivity index (χ2v) is 9.99. The van der Waals surface area contributed by atoms with Gasteiger partial charge in [0.25, 0.3) is 0 Å². The molecule has 1 unspecified atom stereocenters. The number of carbonyl (C=O) groups excluding carboxylic acids is 1. The van der Waals surface area contributed by atoms with E-state index in [-0.39, 0.29) is 16.8 Å². The standard InChI is InChI=1S/C15H24ClN3O3S2/c1-11-10-23-14(13(11)16)24(21,22)12-5-4-7-19(9-12)15(20)17-6-8-18(2)3/h10,12H,4-9H2,1-3H3,(H,17,20). The van der Waals surface area contributed by atoms with Gasteiger partial charge in [0.05, 0.1) is 10.3 Å². The summed E-state index contributed by atoms with van der Waals surface area (Å²) in [6.07, 6.45) is 1.23.